The summed E-state index contributed by atoms with van der Waals surface area (Å²) < 4.78 is 26.2. The molecule has 0 unspecified atom stereocenters. The number of hydrogen-bond donors (Lipinski definition) is 2. The summed E-state index contributed by atoms with van der Waals surface area (Å²) in [5.41, 5.74) is 0. The van der Waals surface area contributed by atoms with Crippen LogP contribution < -0.4 is 4.72 Å². The zero-order valence-corrected chi connectivity index (χ0v) is 8.96. The van der Waals surface area contributed by atoms with Gasteiger partial charge in [0, 0.05) is 6.04 Å². The van der Waals surface area contributed by atoms with Gasteiger partial charge in [-0.1, -0.05) is 12.8 Å². The van der Waals surface area contributed by atoms with Gasteiger partial charge in [0.05, 0.1) is 11.4 Å². The molecule has 2 rings (SSSR count). The van der Waals surface area contributed by atoms with E-state index >= 15 is 0 Å². The lowest BCUT2D eigenvalue weighted by Gasteiger charge is -2.32. The van der Waals surface area contributed by atoms with Crippen LogP contribution in [-0.2, 0) is 10.0 Å². The number of rotatable bonds is 3. The second-order valence-electron chi connectivity index (χ2n) is 4.39. The maximum absolute atomic E-state index is 11.7. The minimum Gasteiger partial charge on any atom is -0.393 e. The Morgan fingerprint density at radius 3 is 2.21 bits per heavy atom. The van der Waals surface area contributed by atoms with E-state index in [4.69, 9.17) is 5.11 Å². The minimum absolute atomic E-state index is 0.0180. The molecule has 82 valence electrons. The van der Waals surface area contributed by atoms with Crippen LogP contribution >= 0.6 is 0 Å². The van der Waals surface area contributed by atoms with E-state index in [2.05, 4.69) is 4.72 Å². The Morgan fingerprint density at radius 1 is 1.14 bits per heavy atom. The Labute approximate surface area is 84.8 Å². The fourth-order valence-electron chi connectivity index (χ4n) is 2.21. The Bertz CT molecular complexity index is 289. The molecule has 0 aromatic rings. The lowest BCUT2D eigenvalue weighted by Crippen LogP contribution is -2.49. The first-order valence-electron chi connectivity index (χ1n) is 5.27. The van der Waals surface area contributed by atoms with Crippen LogP contribution in [0.4, 0.5) is 0 Å². The SMILES string of the molecule is O=S(=O)(NC1CC(O)C1)C1CCCC1. The van der Waals surface area contributed by atoms with Gasteiger partial charge in [-0.3, -0.25) is 0 Å². The van der Waals surface area contributed by atoms with E-state index in [1.165, 1.54) is 0 Å². The zero-order chi connectivity index (χ0) is 10.2. The van der Waals surface area contributed by atoms with E-state index in [0.29, 0.717) is 12.8 Å². The van der Waals surface area contributed by atoms with E-state index in [-0.39, 0.29) is 17.4 Å². The number of aliphatic hydroxyl groups excluding tert-OH is 1. The third kappa shape index (κ3) is 2.10. The van der Waals surface area contributed by atoms with E-state index in [0.717, 1.165) is 25.7 Å². The predicted octanol–water partition coefficient (Wildman–Crippen LogP) is 0.372. The fraction of sp³-hybridized carbons (Fsp3) is 1.00. The molecule has 2 aliphatic carbocycles. The summed E-state index contributed by atoms with van der Waals surface area (Å²) in [6.07, 6.45) is 4.50. The molecule has 5 heteroatoms. The summed E-state index contributed by atoms with van der Waals surface area (Å²) >= 11 is 0. The average molecular weight is 219 g/mol. The van der Waals surface area contributed by atoms with Crippen molar-refractivity contribution in [3.8, 4) is 0 Å². The van der Waals surface area contributed by atoms with Crippen LogP contribution in [0.1, 0.15) is 38.5 Å². The van der Waals surface area contributed by atoms with E-state index in [1.807, 2.05) is 0 Å². The van der Waals surface area contributed by atoms with Crippen molar-refractivity contribution in [1.82, 2.24) is 4.72 Å². The Kier molecular flexibility index (Phi) is 2.81. The lowest BCUT2D eigenvalue weighted by atomic mass is 9.91. The number of hydrogen-bond acceptors (Lipinski definition) is 3. The van der Waals surface area contributed by atoms with Gasteiger partial charge < -0.3 is 5.11 Å². The molecule has 0 saturated heterocycles. The van der Waals surface area contributed by atoms with Gasteiger partial charge in [0.1, 0.15) is 0 Å². The Morgan fingerprint density at radius 2 is 1.71 bits per heavy atom. The summed E-state index contributed by atoms with van der Waals surface area (Å²) in [4.78, 5) is 0. The highest BCUT2D eigenvalue weighted by Gasteiger charge is 2.35. The molecule has 2 saturated carbocycles. The summed E-state index contributed by atoms with van der Waals surface area (Å²) in [6, 6.07) is -0.0180. The quantitative estimate of drug-likeness (QED) is 0.721. The van der Waals surface area contributed by atoms with Crippen molar-refractivity contribution >= 4 is 10.0 Å². The maximum Gasteiger partial charge on any atom is 0.214 e. The highest BCUT2D eigenvalue weighted by molar-refractivity contribution is 7.90. The second-order valence-corrected chi connectivity index (χ2v) is 6.38. The Balaban J connectivity index is 1.89. The van der Waals surface area contributed by atoms with E-state index in [1.54, 1.807) is 0 Å². The molecule has 0 amide bonds. The molecule has 0 bridgehead atoms. The first-order valence-corrected chi connectivity index (χ1v) is 6.82. The van der Waals surface area contributed by atoms with Gasteiger partial charge in [-0.2, -0.15) is 0 Å². The smallest absolute Gasteiger partial charge is 0.214 e. The van der Waals surface area contributed by atoms with Crippen molar-refractivity contribution in [2.45, 2.75) is 55.9 Å². The number of sulfonamides is 1. The molecule has 0 heterocycles. The van der Waals surface area contributed by atoms with Crippen LogP contribution in [0.15, 0.2) is 0 Å². The molecule has 0 radical (unpaired) electrons. The third-order valence-corrected chi connectivity index (χ3v) is 5.20. The number of aliphatic hydroxyl groups is 1. The molecule has 4 nitrogen and oxygen atoms in total. The van der Waals surface area contributed by atoms with Crippen LogP contribution in [0.5, 0.6) is 0 Å². The van der Waals surface area contributed by atoms with Crippen LogP contribution in [0.2, 0.25) is 0 Å². The minimum atomic E-state index is -3.10. The van der Waals surface area contributed by atoms with Gasteiger partial charge in [-0.15, -0.1) is 0 Å². The normalized spacial score (nSPS) is 34.4. The topological polar surface area (TPSA) is 66.4 Å². The summed E-state index contributed by atoms with van der Waals surface area (Å²) in [6.45, 7) is 0. The molecule has 0 aliphatic heterocycles. The maximum atomic E-state index is 11.7. The summed E-state index contributed by atoms with van der Waals surface area (Å²) in [5, 5.41) is 8.87. The van der Waals surface area contributed by atoms with Crippen molar-refractivity contribution in [2.75, 3.05) is 0 Å². The molecule has 2 aliphatic rings. The first kappa shape index (κ1) is 10.4. The van der Waals surface area contributed by atoms with Crippen molar-refractivity contribution in [2.24, 2.45) is 0 Å². The number of nitrogens with one attached hydrogen (secondary N) is 1. The summed E-state index contributed by atoms with van der Waals surface area (Å²) in [7, 11) is -3.10. The highest BCUT2D eigenvalue weighted by atomic mass is 32.2. The van der Waals surface area contributed by atoms with E-state index < -0.39 is 10.0 Å². The first-order chi connectivity index (χ1) is 6.58. The van der Waals surface area contributed by atoms with Crippen LogP contribution in [0.25, 0.3) is 0 Å². The monoisotopic (exact) mass is 219 g/mol. The highest BCUT2D eigenvalue weighted by Crippen LogP contribution is 2.26. The van der Waals surface area contributed by atoms with Gasteiger partial charge in [0.2, 0.25) is 10.0 Å². The van der Waals surface area contributed by atoms with Crippen molar-refractivity contribution in [1.29, 1.82) is 0 Å². The molecular formula is C9H17NO3S. The van der Waals surface area contributed by atoms with Crippen LogP contribution in [-0.4, -0.2) is 30.9 Å². The molecule has 0 aromatic carbocycles. The predicted molar refractivity (Wildman–Crippen MR) is 53.3 cm³/mol. The van der Waals surface area contributed by atoms with Crippen molar-refractivity contribution < 1.29 is 13.5 Å². The summed E-state index contributed by atoms with van der Waals surface area (Å²) in [5.74, 6) is 0. The largest absolute Gasteiger partial charge is 0.393 e. The molecule has 2 N–H and O–H groups in total. The van der Waals surface area contributed by atoms with Crippen LogP contribution in [0.3, 0.4) is 0 Å². The average Bonchev–Trinajstić information content (AvgIpc) is 2.52. The lowest BCUT2D eigenvalue weighted by molar-refractivity contribution is 0.0711. The zero-order valence-electron chi connectivity index (χ0n) is 8.15. The standard InChI is InChI=1S/C9H17NO3S/c11-8-5-7(6-8)10-14(12,13)9-3-1-2-4-9/h7-11H,1-6H2. The van der Waals surface area contributed by atoms with Gasteiger partial charge in [-0.05, 0) is 25.7 Å². The molecule has 2 fully saturated rings. The van der Waals surface area contributed by atoms with Crippen molar-refractivity contribution in [3.05, 3.63) is 0 Å². The van der Waals surface area contributed by atoms with Gasteiger partial charge in [0.25, 0.3) is 0 Å². The van der Waals surface area contributed by atoms with Gasteiger partial charge >= 0.3 is 0 Å². The van der Waals surface area contributed by atoms with E-state index in [9.17, 15) is 8.42 Å². The van der Waals surface area contributed by atoms with Gasteiger partial charge in [0.15, 0.2) is 0 Å². The van der Waals surface area contributed by atoms with Crippen molar-refractivity contribution in [3.63, 3.8) is 0 Å². The molecule has 0 aromatic heterocycles. The van der Waals surface area contributed by atoms with Crippen LogP contribution in [0, 0.1) is 0 Å². The third-order valence-electron chi connectivity index (χ3n) is 3.19. The van der Waals surface area contributed by atoms with Gasteiger partial charge in [-0.25, -0.2) is 13.1 Å². The Hall–Kier alpha value is -0.130. The molecule has 0 spiro atoms. The molecule has 0 atom stereocenters. The molecule has 14 heavy (non-hydrogen) atoms. The fourth-order valence-corrected chi connectivity index (χ4v) is 4.01. The molecular weight excluding hydrogens is 202 g/mol. The second kappa shape index (κ2) is 3.79.